The van der Waals surface area contributed by atoms with Crippen LogP contribution < -0.4 is 0 Å². The Morgan fingerprint density at radius 2 is 1.58 bits per heavy atom. The third-order valence-electron chi connectivity index (χ3n) is 3.51. The normalized spacial score (nSPS) is 11.1. The second-order valence-corrected chi connectivity index (χ2v) is 5.12. The van der Waals surface area contributed by atoms with Gasteiger partial charge in [0.25, 0.3) is 0 Å². The first kappa shape index (κ1) is 11.9. The number of benzene rings is 2. The summed E-state index contributed by atoms with van der Waals surface area (Å²) in [6.45, 7) is 4.45. The van der Waals surface area contributed by atoms with Crippen molar-refractivity contribution >= 4 is 10.8 Å². The summed E-state index contributed by atoms with van der Waals surface area (Å²) in [6.07, 6.45) is 1.90. The molecular weight excluding hydrogens is 230 g/mol. The van der Waals surface area contributed by atoms with Crippen molar-refractivity contribution in [2.45, 2.75) is 19.8 Å². The van der Waals surface area contributed by atoms with Gasteiger partial charge in [-0.1, -0.05) is 62.4 Å². The van der Waals surface area contributed by atoms with Crippen LogP contribution in [0, 0.1) is 0 Å². The molecule has 0 atom stereocenters. The predicted octanol–water partition coefficient (Wildman–Crippen LogP) is 5.03. The van der Waals surface area contributed by atoms with E-state index >= 15 is 0 Å². The SMILES string of the molecule is CC(C)c1ccccc1-c1nccc2ccccc12. The zero-order valence-electron chi connectivity index (χ0n) is 11.3. The Hall–Kier alpha value is -2.15. The molecule has 94 valence electrons. The van der Waals surface area contributed by atoms with Crippen LogP contribution in [0.3, 0.4) is 0 Å². The minimum atomic E-state index is 0.497. The highest BCUT2D eigenvalue weighted by molar-refractivity contribution is 5.95. The molecule has 0 saturated heterocycles. The van der Waals surface area contributed by atoms with E-state index in [0.717, 1.165) is 5.69 Å². The van der Waals surface area contributed by atoms with Crippen molar-refractivity contribution in [3.63, 3.8) is 0 Å². The maximum Gasteiger partial charge on any atom is 0.0783 e. The standard InChI is InChI=1S/C18H17N/c1-13(2)15-8-5-6-10-17(15)18-16-9-4-3-7-14(16)11-12-19-18/h3-13H,1-2H3. The van der Waals surface area contributed by atoms with Crippen molar-refractivity contribution in [1.82, 2.24) is 4.98 Å². The van der Waals surface area contributed by atoms with Crippen molar-refractivity contribution in [2.75, 3.05) is 0 Å². The van der Waals surface area contributed by atoms with E-state index in [0.29, 0.717) is 5.92 Å². The number of hydrogen-bond acceptors (Lipinski definition) is 1. The van der Waals surface area contributed by atoms with E-state index in [1.54, 1.807) is 0 Å². The van der Waals surface area contributed by atoms with Crippen LogP contribution in [-0.4, -0.2) is 4.98 Å². The quantitative estimate of drug-likeness (QED) is 0.619. The third-order valence-corrected chi connectivity index (χ3v) is 3.51. The lowest BCUT2D eigenvalue weighted by molar-refractivity contribution is 0.868. The monoisotopic (exact) mass is 247 g/mol. The fraction of sp³-hybridized carbons (Fsp3) is 0.167. The second kappa shape index (κ2) is 4.85. The van der Waals surface area contributed by atoms with Crippen LogP contribution >= 0.6 is 0 Å². The number of hydrogen-bond donors (Lipinski definition) is 0. The zero-order valence-corrected chi connectivity index (χ0v) is 11.3. The van der Waals surface area contributed by atoms with Gasteiger partial charge in [0.15, 0.2) is 0 Å². The summed E-state index contributed by atoms with van der Waals surface area (Å²) < 4.78 is 0. The zero-order chi connectivity index (χ0) is 13.2. The molecule has 0 amide bonds. The van der Waals surface area contributed by atoms with E-state index in [1.165, 1.54) is 21.9 Å². The molecule has 0 unspecified atom stereocenters. The van der Waals surface area contributed by atoms with Gasteiger partial charge in [-0.25, -0.2) is 0 Å². The molecule has 2 aromatic carbocycles. The molecule has 0 spiro atoms. The van der Waals surface area contributed by atoms with Gasteiger partial charge in [-0.2, -0.15) is 0 Å². The van der Waals surface area contributed by atoms with Crippen molar-refractivity contribution in [1.29, 1.82) is 0 Å². The lowest BCUT2D eigenvalue weighted by Gasteiger charge is -2.13. The summed E-state index contributed by atoms with van der Waals surface area (Å²) in [4.78, 5) is 4.62. The van der Waals surface area contributed by atoms with Crippen LogP contribution in [0.4, 0.5) is 0 Å². The van der Waals surface area contributed by atoms with Gasteiger partial charge < -0.3 is 0 Å². The average Bonchev–Trinajstić information content (AvgIpc) is 2.46. The van der Waals surface area contributed by atoms with E-state index in [4.69, 9.17) is 0 Å². The van der Waals surface area contributed by atoms with Crippen LogP contribution in [-0.2, 0) is 0 Å². The van der Waals surface area contributed by atoms with Gasteiger partial charge in [0.2, 0.25) is 0 Å². The Morgan fingerprint density at radius 1 is 0.842 bits per heavy atom. The highest BCUT2D eigenvalue weighted by atomic mass is 14.7. The maximum atomic E-state index is 4.62. The minimum absolute atomic E-state index is 0.497. The molecule has 3 aromatic rings. The van der Waals surface area contributed by atoms with E-state index < -0.39 is 0 Å². The largest absolute Gasteiger partial charge is 0.256 e. The van der Waals surface area contributed by atoms with E-state index in [-0.39, 0.29) is 0 Å². The fourth-order valence-electron chi connectivity index (χ4n) is 2.55. The Balaban J connectivity index is 2.31. The summed E-state index contributed by atoms with van der Waals surface area (Å²) >= 11 is 0. The molecule has 0 aliphatic rings. The second-order valence-electron chi connectivity index (χ2n) is 5.12. The molecular formula is C18H17N. The molecule has 1 nitrogen and oxygen atoms in total. The molecule has 0 aliphatic heterocycles. The lowest BCUT2D eigenvalue weighted by atomic mass is 9.93. The molecule has 3 rings (SSSR count). The van der Waals surface area contributed by atoms with Gasteiger partial charge in [-0.05, 0) is 22.9 Å². The Labute approximate surface area is 113 Å². The van der Waals surface area contributed by atoms with Crippen LogP contribution in [0.25, 0.3) is 22.0 Å². The number of aromatic nitrogens is 1. The smallest absolute Gasteiger partial charge is 0.0783 e. The van der Waals surface area contributed by atoms with Crippen molar-refractivity contribution in [2.24, 2.45) is 0 Å². The van der Waals surface area contributed by atoms with E-state index in [2.05, 4.69) is 73.4 Å². The van der Waals surface area contributed by atoms with Crippen molar-refractivity contribution in [3.05, 3.63) is 66.4 Å². The van der Waals surface area contributed by atoms with Crippen LogP contribution in [0.15, 0.2) is 60.8 Å². The molecule has 19 heavy (non-hydrogen) atoms. The molecule has 0 fully saturated rings. The van der Waals surface area contributed by atoms with Crippen molar-refractivity contribution < 1.29 is 0 Å². The molecule has 0 bridgehead atoms. The molecule has 0 aliphatic carbocycles. The first-order chi connectivity index (χ1) is 9.27. The first-order valence-electron chi connectivity index (χ1n) is 6.70. The van der Waals surface area contributed by atoms with Crippen molar-refractivity contribution in [3.8, 4) is 11.3 Å². The molecule has 1 heteroatoms. The van der Waals surface area contributed by atoms with Gasteiger partial charge >= 0.3 is 0 Å². The number of fused-ring (bicyclic) bond motifs is 1. The summed E-state index contributed by atoms with van der Waals surface area (Å²) in [7, 11) is 0. The first-order valence-corrected chi connectivity index (χ1v) is 6.70. The molecule has 1 heterocycles. The Kier molecular flexibility index (Phi) is 3.04. The minimum Gasteiger partial charge on any atom is -0.256 e. The molecule has 0 N–H and O–H groups in total. The fourth-order valence-corrected chi connectivity index (χ4v) is 2.55. The molecule has 0 radical (unpaired) electrons. The van der Waals surface area contributed by atoms with Crippen LogP contribution in [0.1, 0.15) is 25.3 Å². The summed E-state index contributed by atoms with van der Waals surface area (Å²) in [5.41, 5.74) is 3.68. The highest BCUT2D eigenvalue weighted by Gasteiger charge is 2.11. The average molecular weight is 247 g/mol. The number of rotatable bonds is 2. The van der Waals surface area contributed by atoms with E-state index in [9.17, 15) is 0 Å². The highest BCUT2D eigenvalue weighted by Crippen LogP contribution is 2.32. The predicted molar refractivity (Wildman–Crippen MR) is 81.3 cm³/mol. The lowest BCUT2D eigenvalue weighted by Crippen LogP contribution is -1.94. The van der Waals surface area contributed by atoms with Crippen LogP contribution in [0.2, 0.25) is 0 Å². The summed E-state index contributed by atoms with van der Waals surface area (Å²) in [5, 5.41) is 2.46. The van der Waals surface area contributed by atoms with Gasteiger partial charge in [0.1, 0.15) is 0 Å². The van der Waals surface area contributed by atoms with Gasteiger partial charge in [-0.3, -0.25) is 4.98 Å². The Morgan fingerprint density at radius 3 is 2.42 bits per heavy atom. The van der Waals surface area contributed by atoms with Gasteiger partial charge in [0, 0.05) is 17.1 Å². The number of nitrogens with zero attached hydrogens (tertiary/aromatic N) is 1. The Bertz CT molecular complexity index is 708. The molecule has 0 saturated carbocycles. The summed E-state index contributed by atoms with van der Waals surface area (Å²) in [5.74, 6) is 0.497. The molecule has 1 aromatic heterocycles. The van der Waals surface area contributed by atoms with Gasteiger partial charge in [0.05, 0.1) is 5.69 Å². The maximum absolute atomic E-state index is 4.62. The topological polar surface area (TPSA) is 12.9 Å². The van der Waals surface area contributed by atoms with Crippen LogP contribution in [0.5, 0.6) is 0 Å². The third kappa shape index (κ3) is 2.12. The van der Waals surface area contributed by atoms with E-state index in [1.807, 2.05) is 6.20 Å². The van der Waals surface area contributed by atoms with Gasteiger partial charge in [-0.15, -0.1) is 0 Å². The summed E-state index contributed by atoms with van der Waals surface area (Å²) in [6, 6.07) is 19.1. The number of pyridine rings is 1.